The topological polar surface area (TPSA) is 68.5 Å². The van der Waals surface area contributed by atoms with Crippen molar-refractivity contribution in [3.8, 4) is 0 Å². The number of ether oxygens (including phenoxy) is 1. The molecule has 92 valence electrons. The summed E-state index contributed by atoms with van der Waals surface area (Å²) in [6.45, 7) is 3.65. The van der Waals surface area contributed by atoms with Gasteiger partial charge < -0.3 is 15.4 Å². The van der Waals surface area contributed by atoms with Gasteiger partial charge in [-0.2, -0.15) is 0 Å². The average Bonchev–Trinajstić information content (AvgIpc) is 2.68. The van der Waals surface area contributed by atoms with Crippen LogP contribution in [-0.2, 0) is 4.74 Å². The lowest BCUT2D eigenvalue weighted by molar-refractivity contribution is 0.0601. The molecule has 2 atom stereocenters. The number of rotatable bonds is 2. The van der Waals surface area contributed by atoms with Crippen molar-refractivity contribution in [2.45, 2.75) is 13.0 Å². The molecule has 1 aromatic heterocycles. The molecular weight excluding hydrogens is 218 g/mol. The maximum Gasteiger partial charge on any atom is 0.341 e. The number of esters is 1. The van der Waals surface area contributed by atoms with E-state index in [1.54, 1.807) is 18.3 Å². The molecule has 2 N–H and O–H groups in total. The van der Waals surface area contributed by atoms with Crippen LogP contribution < -0.4 is 10.6 Å². The van der Waals surface area contributed by atoms with Gasteiger partial charge in [-0.05, 0) is 18.1 Å². The van der Waals surface area contributed by atoms with Crippen molar-refractivity contribution in [3.05, 3.63) is 23.9 Å². The van der Waals surface area contributed by atoms with Gasteiger partial charge in [-0.25, -0.2) is 9.78 Å². The van der Waals surface area contributed by atoms with Gasteiger partial charge in [0.25, 0.3) is 0 Å². The molecule has 0 radical (unpaired) electrons. The molecule has 17 heavy (non-hydrogen) atoms. The lowest BCUT2D eigenvalue weighted by Crippen LogP contribution is -2.29. The van der Waals surface area contributed by atoms with Gasteiger partial charge in [0.2, 0.25) is 0 Å². The standard InChI is InChI=1S/C12H17N3O2/c1-8-6-15(7-10(8)13)11-9(12(16)17-2)4-3-5-14-11/h3-5,8,10H,6-7,13H2,1-2H3. The minimum Gasteiger partial charge on any atom is -0.465 e. The molecular formula is C12H17N3O2. The van der Waals surface area contributed by atoms with Gasteiger partial charge in [0.15, 0.2) is 0 Å². The maximum atomic E-state index is 11.6. The Kier molecular flexibility index (Phi) is 3.28. The lowest BCUT2D eigenvalue weighted by Gasteiger charge is -2.19. The molecule has 1 aliphatic rings. The van der Waals surface area contributed by atoms with E-state index in [1.807, 2.05) is 4.90 Å². The quantitative estimate of drug-likeness (QED) is 0.762. The van der Waals surface area contributed by atoms with E-state index in [4.69, 9.17) is 10.5 Å². The molecule has 1 aromatic rings. The van der Waals surface area contributed by atoms with Crippen LogP contribution in [0, 0.1) is 5.92 Å². The second-order valence-corrected chi connectivity index (χ2v) is 4.41. The number of aromatic nitrogens is 1. The Labute approximate surface area is 101 Å². The van der Waals surface area contributed by atoms with Gasteiger partial charge in [-0.3, -0.25) is 0 Å². The normalized spacial score (nSPS) is 23.8. The van der Waals surface area contributed by atoms with Gasteiger partial charge >= 0.3 is 5.97 Å². The highest BCUT2D eigenvalue weighted by Crippen LogP contribution is 2.24. The minimum absolute atomic E-state index is 0.127. The number of nitrogens with zero attached hydrogens (tertiary/aromatic N) is 2. The van der Waals surface area contributed by atoms with Crippen molar-refractivity contribution in [2.75, 3.05) is 25.1 Å². The number of carbonyl (C=O) groups excluding carboxylic acids is 1. The van der Waals surface area contributed by atoms with E-state index in [0.29, 0.717) is 17.3 Å². The summed E-state index contributed by atoms with van der Waals surface area (Å²) in [7, 11) is 1.37. The highest BCUT2D eigenvalue weighted by molar-refractivity contribution is 5.94. The Balaban J connectivity index is 2.30. The maximum absolute atomic E-state index is 11.6. The molecule has 2 heterocycles. The van der Waals surface area contributed by atoms with Crippen molar-refractivity contribution in [3.63, 3.8) is 0 Å². The summed E-state index contributed by atoms with van der Waals surface area (Å²) in [6, 6.07) is 3.58. The van der Waals surface area contributed by atoms with Gasteiger partial charge in [0, 0.05) is 25.3 Å². The van der Waals surface area contributed by atoms with Crippen LogP contribution in [0.1, 0.15) is 17.3 Å². The monoisotopic (exact) mass is 235 g/mol. The lowest BCUT2D eigenvalue weighted by atomic mass is 10.1. The Morgan fingerprint density at radius 1 is 1.59 bits per heavy atom. The number of hydrogen-bond donors (Lipinski definition) is 1. The highest BCUT2D eigenvalue weighted by atomic mass is 16.5. The van der Waals surface area contributed by atoms with E-state index in [2.05, 4.69) is 11.9 Å². The second-order valence-electron chi connectivity index (χ2n) is 4.41. The molecule has 1 fully saturated rings. The van der Waals surface area contributed by atoms with Gasteiger partial charge in [-0.15, -0.1) is 0 Å². The number of anilines is 1. The van der Waals surface area contributed by atoms with Crippen molar-refractivity contribution < 1.29 is 9.53 Å². The van der Waals surface area contributed by atoms with Gasteiger partial charge in [0.05, 0.1) is 7.11 Å². The molecule has 5 heteroatoms. The highest BCUT2D eigenvalue weighted by Gasteiger charge is 2.29. The van der Waals surface area contributed by atoms with E-state index in [1.165, 1.54) is 7.11 Å². The first kappa shape index (κ1) is 11.9. The predicted molar refractivity (Wildman–Crippen MR) is 64.9 cm³/mol. The first-order chi connectivity index (χ1) is 8.13. The smallest absolute Gasteiger partial charge is 0.341 e. The van der Waals surface area contributed by atoms with Crippen LogP contribution in [-0.4, -0.2) is 37.2 Å². The zero-order valence-corrected chi connectivity index (χ0v) is 10.1. The summed E-state index contributed by atoms with van der Waals surface area (Å²) in [5, 5.41) is 0. The van der Waals surface area contributed by atoms with Crippen LogP contribution in [0.3, 0.4) is 0 Å². The van der Waals surface area contributed by atoms with Crippen molar-refractivity contribution >= 4 is 11.8 Å². The van der Waals surface area contributed by atoms with E-state index in [9.17, 15) is 4.79 Å². The van der Waals surface area contributed by atoms with E-state index >= 15 is 0 Å². The van der Waals surface area contributed by atoms with Crippen molar-refractivity contribution in [1.29, 1.82) is 0 Å². The molecule has 1 saturated heterocycles. The van der Waals surface area contributed by atoms with Crippen LogP contribution in [0.5, 0.6) is 0 Å². The first-order valence-corrected chi connectivity index (χ1v) is 5.67. The van der Waals surface area contributed by atoms with Crippen molar-refractivity contribution in [2.24, 2.45) is 11.7 Å². The van der Waals surface area contributed by atoms with Crippen LogP contribution in [0.25, 0.3) is 0 Å². The minimum atomic E-state index is -0.360. The summed E-state index contributed by atoms with van der Waals surface area (Å²) >= 11 is 0. The Morgan fingerprint density at radius 3 is 2.94 bits per heavy atom. The molecule has 0 bridgehead atoms. The fraction of sp³-hybridized carbons (Fsp3) is 0.500. The number of nitrogens with two attached hydrogens (primary N) is 1. The Bertz CT molecular complexity index is 412. The zero-order chi connectivity index (χ0) is 12.4. The molecule has 2 rings (SSSR count). The van der Waals surface area contributed by atoms with Crippen LogP contribution in [0.4, 0.5) is 5.82 Å². The summed E-state index contributed by atoms with van der Waals surface area (Å²) in [5.41, 5.74) is 6.48. The van der Waals surface area contributed by atoms with E-state index in [0.717, 1.165) is 13.1 Å². The van der Waals surface area contributed by atoms with Crippen LogP contribution >= 0.6 is 0 Å². The fourth-order valence-corrected chi connectivity index (χ4v) is 2.08. The molecule has 0 spiro atoms. The third-order valence-electron chi connectivity index (χ3n) is 3.16. The molecule has 0 saturated carbocycles. The van der Waals surface area contributed by atoms with Crippen LogP contribution in [0.15, 0.2) is 18.3 Å². The first-order valence-electron chi connectivity index (χ1n) is 5.67. The molecule has 0 aromatic carbocycles. The largest absolute Gasteiger partial charge is 0.465 e. The third kappa shape index (κ3) is 2.24. The molecule has 0 aliphatic carbocycles. The Morgan fingerprint density at radius 2 is 2.35 bits per heavy atom. The van der Waals surface area contributed by atoms with Crippen molar-refractivity contribution in [1.82, 2.24) is 4.98 Å². The van der Waals surface area contributed by atoms with Gasteiger partial charge in [0.1, 0.15) is 11.4 Å². The third-order valence-corrected chi connectivity index (χ3v) is 3.16. The van der Waals surface area contributed by atoms with Crippen LogP contribution in [0.2, 0.25) is 0 Å². The Hall–Kier alpha value is -1.62. The summed E-state index contributed by atoms with van der Waals surface area (Å²) < 4.78 is 4.75. The number of methoxy groups -OCH3 is 1. The summed E-state index contributed by atoms with van der Waals surface area (Å²) in [6.07, 6.45) is 1.68. The number of carbonyl (C=O) groups is 1. The average molecular weight is 235 g/mol. The summed E-state index contributed by atoms with van der Waals surface area (Å²) in [5.74, 6) is 0.711. The molecule has 2 unspecified atom stereocenters. The molecule has 0 amide bonds. The molecule has 1 aliphatic heterocycles. The number of hydrogen-bond acceptors (Lipinski definition) is 5. The number of pyridine rings is 1. The van der Waals surface area contributed by atoms with Gasteiger partial charge in [-0.1, -0.05) is 6.92 Å². The zero-order valence-electron chi connectivity index (χ0n) is 10.1. The van der Waals surface area contributed by atoms with E-state index in [-0.39, 0.29) is 12.0 Å². The summed E-state index contributed by atoms with van der Waals surface area (Å²) in [4.78, 5) is 17.9. The SMILES string of the molecule is COC(=O)c1cccnc1N1CC(C)C(N)C1. The molecule has 5 nitrogen and oxygen atoms in total. The predicted octanol–water partition coefficient (Wildman–Crippen LogP) is 0.652. The second kappa shape index (κ2) is 4.71. The van der Waals surface area contributed by atoms with E-state index < -0.39 is 0 Å². The fourth-order valence-electron chi connectivity index (χ4n) is 2.08.